The Morgan fingerprint density at radius 1 is 1.10 bits per heavy atom. The van der Waals surface area contributed by atoms with Crippen molar-refractivity contribution in [1.82, 2.24) is 4.98 Å². The van der Waals surface area contributed by atoms with Crippen molar-refractivity contribution in [3.05, 3.63) is 71.3 Å². The van der Waals surface area contributed by atoms with Crippen LogP contribution in [0.4, 0.5) is 11.6 Å². The molecule has 0 radical (unpaired) electrons. The van der Waals surface area contributed by atoms with Gasteiger partial charge in [-0.2, -0.15) is 0 Å². The number of nitrogens with two attached hydrogens (primary N) is 1. The zero-order valence-corrected chi connectivity index (χ0v) is 17.6. The van der Waals surface area contributed by atoms with Gasteiger partial charge in [0.2, 0.25) is 17.7 Å². The quantitative estimate of drug-likeness (QED) is 0.335. The first-order valence-electron chi connectivity index (χ1n) is 8.91. The van der Waals surface area contributed by atoms with Crippen molar-refractivity contribution in [2.24, 2.45) is 10.7 Å². The topological polar surface area (TPSA) is 76.9 Å². The molecule has 29 heavy (non-hydrogen) atoms. The maximum Gasteiger partial charge on any atom is 0.238 e. The number of rotatable bonds is 4. The zero-order chi connectivity index (χ0) is 20.4. The molecule has 6 nitrogen and oxygen atoms in total. The van der Waals surface area contributed by atoms with E-state index >= 15 is 0 Å². The van der Waals surface area contributed by atoms with Gasteiger partial charge < -0.3 is 14.9 Å². The minimum atomic E-state index is 0.261. The molecule has 0 aliphatic rings. The Morgan fingerprint density at radius 2 is 1.86 bits per heavy atom. The summed E-state index contributed by atoms with van der Waals surface area (Å²) in [4.78, 5) is 10.4. The van der Waals surface area contributed by atoms with E-state index in [4.69, 9.17) is 14.9 Å². The van der Waals surface area contributed by atoms with Crippen LogP contribution in [0, 0.1) is 0 Å². The second-order valence-electron chi connectivity index (χ2n) is 6.30. The molecule has 2 N–H and O–H groups in total. The molecule has 0 atom stereocenters. The highest BCUT2D eigenvalue weighted by molar-refractivity contribution is 9.10. The predicted octanol–water partition coefficient (Wildman–Crippen LogP) is 5.35. The Balaban J connectivity index is 1.89. The molecule has 0 bridgehead atoms. The fourth-order valence-corrected chi connectivity index (χ4v) is 3.36. The summed E-state index contributed by atoms with van der Waals surface area (Å²) in [5, 5.41) is 0.965. The number of benzene rings is 2. The minimum absolute atomic E-state index is 0.261. The van der Waals surface area contributed by atoms with E-state index in [0.29, 0.717) is 17.5 Å². The number of para-hydroxylation sites is 1. The van der Waals surface area contributed by atoms with Crippen LogP contribution in [-0.4, -0.2) is 25.1 Å². The molecule has 0 saturated carbocycles. The van der Waals surface area contributed by atoms with Gasteiger partial charge in [0.25, 0.3) is 0 Å². The van der Waals surface area contributed by atoms with E-state index in [0.717, 1.165) is 26.6 Å². The van der Waals surface area contributed by atoms with E-state index < -0.39 is 0 Å². The predicted molar refractivity (Wildman–Crippen MR) is 120 cm³/mol. The summed E-state index contributed by atoms with van der Waals surface area (Å²) in [6.07, 6.45) is 1.77. The maximum atomic E-state index is 6.26. The smallest absolute Gasteiger partial charge is 0.238 e. The van der Waals surface area contributed by atoms with E-state index in [9.17, 15) is 0 Å². The number of ether oxygens (including phenoxy) is 1. The molecule has 0 aliphatic carbocycles. The summed E-state index contributed by atoms with van der Waals surface area (Å²) < 4.78 is 12.6. The van der Waals surface area contributed by atoms with Gasteiger partial charge in [-0.1, -0.05) is 46.3 Å². The van der Waals surface area contributed by atoms with Gasteiger partial charge in [-0.3, -0.25) is 4.99 Å². The third-order valence-corrected chi connectivity index (χ3v) is 5.06. The Labute approximate surface area is 176 Å². The standard InChI is InChI=1S/C22H19BrN4O2/c1-25-22(24)27(20-12-15-5-3-4-6-19(15)29-20)18-11-16(13-26-21(18)28-2)14-7-9-17(23)10-8-14/h3-13H,1-2H3,(H2,24,25). The number of anilines is 2. The van der Waals surface area contributed by atoms with Crippen molar-refractivity contribution >= 4 is 44.4 Å². The third-order valence-electron chi connectivity index (χ3n) is 4.54. The fourth-order valence-electron chi connectivity index (χ4n) is 3.09. The molecule has 4 rings (SSSR count). The number of fused-ring (bicyclic) bond motifs is 1. The molecule has 0 saturated heterocycles. The lowest BCUT2D eigenvalue weighted by Gasteiger charge is -2.22. The number of furan rings is 1. The number of pyridine rings is 1. The highest BCUT2D eigenvalue weighted by atomic mass is 79.9. The Kier molecular flexibility index (Phi) is 5.22. The van der Waals surface area contributed by atoms with Crippen LogP contribution in [0.1, 0.15) is 0 Å². The van der Waals surface area contributed by atoms with Crippen LogP contribution >= 0.6 is 15.9 Å². The number of aromatic nitrogens is 1. The lowest BCUT2D eigenvalue weighted by Crippen LogP contribution is -2.33. The normalized spacial score (nSPS) is 11.6. The molecular formula is C22H19BrN4O2. The van der Waals surface area contributed by atoms with Crippen molar-refractivity contribution < 1.29 is 9.15 Å². The number of nitrogens with zero attached hydrogens (tertiary/aromatic N) is 3. The molecule has 2 heterocycles. The van der Waals surface area contributed by atoms with Crippen molar-refractivity contribution in [2.75, 3.05) is 19.1 Å². The second-order valence-corrected chi connectivity index (χ2v) is 7.21. The first-order valence-corrected chi connectivity index (χ1v) is 9.71. The van der Waals surface area contributed by atoms with Crippen molar-refractivity contribution in [1.29, 1.82) is 0 Å². The average molecular weight is 451 g/mol. The van der Waals surface area contributed by atoms with Gasteiger partial charge in [0, 0.05) is 34.7 Å². The van der Waals surface area contributed by atoms with Gasteiger partial charge in [0.1, 0.15) is 11.3 Å². The molecule has 0 aliphatic heterocycles. The Hall–Kier alpha value is -3.32. The molecule has 0 spiro atoms. The monoisotopic (exact) mass is 450 g/mol. The van der Waals surface area contributed by atoms with Crippen LogP contribution in [0.15, 0.2) is 80.7 Å². The lowest BCUT2D eigenvalue weighted by atomic mass is 10.1. The highest BCUT2D eigenvalue weighted by Crippen LogP contribution is 2.38. The zero-order valence-electron chi connectivity index (χ0n) is 16.0. The number of guanidine groups is 1. The van der Waals surface area contributed by atoms with Gasteiger partial charge >= 0.3 is 0 Å². The van der Waals surface area contributed by atoms with Crippen molar-refractivity contribution in [3.63, 3.8) is 0 Å². The number of aliphatic imine (C=N–C) groups is 1. The first kappa shape index (κ1) is 19.0. The average Bonchev–Trinajstić information content (AvgIpc) is 3.17. The summed E-state index contributed by atoms with van der Waals surface area (Å²) in [7, 11) is 3.20. The second kappa shape index (κ2) is 7.97. The highest BCUT2D eigenvalue weighted by Gasteiger charge is 2.23. The summed E-state index contributed by atoms with van der Waals surface area (Å²) >= 11 is 3.47. The fraction of sp³-hybridized carbons (Fsp3) is 0.0909. The summed E-state index contributed by atoms with van der Waals surface area (Å²) in [6, 6.07) is 19.6. The van der Waals surface area contributed by atoms with E-state index in [-0.39, 0.29) is 5.96 Å². The number of hydrogen-bond acceptors (Lipinski definition) is 4. The van der Waals surface area contributed by atoms with E-state index in [2.05, 4.69) is 25.9 Å². The SMILES string of the molecule is CN=C(N)N(c1cc2ccccc2o1)c1cc(-c2ccc(Br)cc2)cnc1OC. The van der Waals surface area contributed by atoms with Crippen LogP contribution in [0.5, 0.6) is 5.88 Å². The van der Waals surface area contributed by atoms with Crippen molar-refractivity contribution in [3.8, 4) is 17.0 Å². The maximum absolute atomic E-state index is 6.26. The van der Waals surface area contributed by atoms with Gasteiger partial charge in [-0.25, -0.2) is 9.88 Å². The van der Waals surface area contributed by atoms with Crippen LogP contribution in [0.25, 0.3) is 22.1 Å². The molecule has 0 unspecified atom stereocenters. The summed E-state index contributed by atoms with van der Waals surface area (Å²) in [5.74, 6) is 1.21. The number of methoxy groups -OCH3 is 1. The van der Waals surface area contributed by atoms with Crippen LogP contribution < -0.4 is 15.4 Å². The molecule has 4 aromatic rings. The molecule has 0 fully saturated rings. The molecule has 2 aromatic carbocycles. The van der Waals surface area contributed by atoms with E-state index in [1.54, 1.807) is 25.3 Å². The number of hydrogen-bond donors (Lipinski definition) is 1. The molecule has 146 valence electrons. The van der Waals surface area contributed by atoms with Crippen molar-refractivity contribution in [2.45, 2.75) is 0 Å². The lowest BCUT2D eigenvalue weighted by molar-refractivity contribution is 0.399. The Bertz CT molecular complexity index is 1150. The molecule has 7 heteroatoms. The van der Waals surface area contributed by atoms with Gasteiger partial charge in [0.05, 0.1) is 7.11 Å². The van der Waals surface area contributed by atoms with Gasteiger partial charge in [-0.15, -0.1) is 0 Å². The van der Waals surface area contributed by atoms with Crippen LogP contribution in [-0.2, 0) is 0 Å². The van der Waals surface area contributed by atoms with E-state index in [1.165, 1.54) is 0 Å². The third kappa shape index (κ3) is 3.69. The molecule has 0 amide bonds. The van der Waals surface area contributed by atoms with E-state index in [1.807, 2.05) is 60.7 Å². The van der Waals surface area contributed by atoms with Crippen LogP contribution in [0.2, 0.25) is 0 Å². The first-order chi connectivity index (χ1) is 14.1. The number of halogens is 1. The molecule has 2 aromatic heterocycles. The summed E-state index contributed by atoms with van der Waals surface area (Å²) in [5.41, 5.74) is 9.58. The van der Waals surface area contributed by atoms with Crippen LogP contribution in [0.3, 0.4) is 0 Å². The Morgan fingerprint density at radius 3 is 2.55 bits per heavy atom. The molecular weight excluding hydrogens is 432 g/mol. The minimum Gasteiger partial charge on any atom is -0.479 e. The van der Waals surface area contributed by atoms with Gasteiger partial charge in [-0.05, 0) is 29.8 Å². The van der Waals surface area contributed by atoms with Gasteiger partial charge in [0.15, 0.2) is 0 Å². The largest absolute Gasteiger partial charge is 0.479 e. The summed E-state index contributed by atoms with van der Waals surface area (Å²) in [6.45, 7) is 0.